The lowest BCUT2D eigenvalue weighted by atomic mass is 10.2. The van der Waals surface area contributed by atoms with Crippen molar-refractivity contribution in [3.63, 3.8) is 0 Å². The summed E-state index contributed by atoms with van der Waals surface area (Å²) in [6.45, 7) is 15.8. The average Bonchev–Trinajstić information content (AvgIpc) is 2.96. The van der Waals surface area contributed by atoms with Crippen molar-refractivity contribution < 1.29 is 9.85 Å². The third-order valence-electron chi connectivity index (χ3n) is 7.00. The first kappa shape index (κ1) is 34.0. The van der Waals surface area contributed by atoms with E-state index in [4.69, 9.17) is 23.1 Å². The minimum Gasteiger partial charge on any atom is -0.393 e. The Kier molecular flexibility index (Phi) is 15.2. The largest absolute Gasteiger partial charge is 0.393 e. The van der Waals surface area contributed by atoms with Crippen LogP contribution in [0, 0.1) is 20.2 Å². The van der Waals surface area contributed by atoms with Gasteiger partial charge in [-0.2, -0.15) is 0 Å². The minimum atomic E-state index is -0.550. The van der Waals surface area contributed by atoms with Gasteiger partial charge in [-0.05, 0) is 50.2 Å². The molecule has 0 amide bonds. The summed E-state index contributed by atoms with van der Waals surface area (Å²) in [4.78, 5) is 27.2. The standard InChI is InChI=1S/C14H22N4O2.C8H18N2.C6H5ClN2O2/c1-2-3-6-16-7-9-17(10-8-16)12-4-5-14(18(19)20)13(15)11-12;1-2-3-6-10-7-4-9-5-8-10;7-4-1-2-6(9(10)11)5(8)3-4/h4-5,11H,2-3,6-10,15H2,1H3;9H,2-8H2,1H3;1-3H,8H2. The summed E-state index contributed by atoms with van der Waals surface area (Å²) in [6.07, 6.45) is 5.15. The maximum absolute atomic E-state index is 10.8. The van der Waals surface area contributed by atoms with Gasteiger partial charge in [0.2, 0.25) is 0 Å². The molecule has 2 aromatic carbocycles. The van der Waals surface area contributed by atoms with E-state index in [9.17, 15) is 20.2 Å². The first-order valence-electron chi connectivity index (χ1n) is 14.3. The van der Waals surface area contributed by atoms with E-state index in [0.717, 1.165) is 38.4 Å². The van der Waals surface area contributed by atoms with Crippen LogP contribution in [0.2, 0.25) is 5.02 Å². The molecule has 0 aliphatic carbocycles. The van der Waals surface area contributed by atoms with Gasteiger partial charge in [0.05, 0.1) is 9.85 Å². The Bertz CT molecular complexity index is 1090. The summed E-state index contributed by atoms with van der Waals surface area (Å²) in [7, 11) is 0. The Hall–Kier alpha value is -3.19. The fourth-order valence-electron chi connectivity index (χ4n) is 4.52. The fourth-order valence-corrected chi connectivity index (χ4v) is 4.70. The number of rotatable bonds is 9. The number of nitrogens with one attached hydrogen (secondary N) is 1. The molecule has 2 aliphatic rings. The van der Waals surface area contributed by atoms with Crippen LogP contribution in [0.1, 0.15) is 39.5 Å². The minimum absolute atomic E-state index is 0.0182. The van der Waals surface area contributed by atoms with Crippen LogP contribution in [-0.4, -0.2) is 85.1 Å². The molecule has 0 radical (unpaired) electrons. The molecule has 2 aromatic rings. The fraction of sp³-hybridized carbons (Fsp3) is 0.571. The number of piperazine rings is 2. The quantitative estimate of drug-likeness (QED) is 0.213. The smallest absolute Gasteiger partial charge is 0.292 e. The van der Waals surface area contributed by atoms with Crippen molar-refractivity contribution in [2.75, 3.05) is 81.8 Å². The normalized spacial score (nSPS) is 15.7. The van der Waals surface area contributed by atoms with Crippen LogP contribution in [0.4, 0.5) is 28.4 Å². The highest BCUT2D eigenvalue weighted by molar-refractivity contribution is 6.30. The van der Waals surface area contributed by atoms with E-state index in [0.29, 0.717) is 5.02 Å². The Balaban J connectivity index is 0.000000236. The van der Waals surface area contributed by atoms with Gasteiger partial charge in [0.1, 0.15) is 11.4 Å². The van der Waals surface area contributed by atoms with Crippen LogP contribution in [0.15, 0.2) is 36.4 Å². The van der Waals surface area contributed by atoms with Crippen molar-refractivity contribution >= 4 is 40.0 Å². The molecular weight excluding hydrogens is 548 g/mol. The summed E-state index contributed by atoms with van der Waals surface area (Å²) in [5.41, 5.74) is 12.2. The SMILES string of the molecule is CCCCN1CCN(c2ccc([N+](=O)[O-])c(N)c2)CC1.CCCCN1CCNCC1.Nc1cc(Cl)ccc1[N+](=O)[O-]. The van der Waals surface area contributed by atoms with Crippen LogP contribution in [0.25, 0.3) is 0 Å². The molecule has 0 saturated carbocycles. The third-order valence-corrected chi connectivity index (χ3v) is 7.23. The van der Waals surface area contributed by atoms with E-state index < -0.39 is 9.85 Å². The Morgan fingerprint density at radius 1 is 0.780 bits per heavy atom. The molecule has 41 heavy (non-hydrogen) atoms. The lowest BCUT2D eigenvalue weighted by Crippen LogP contribution is -2.46. The molecule has 0 bridgehead atoms. The van der Waals surface area contributed by atoms with Crippen LogP contribution >= 0.6 is 11.6 Å². The van der Waals surface area contributed by atoms with Crippen LogP contribution in [0.3, 0.4) is 0 Å². The molecule has 2 fully saturated rings. The third kappa shape index (κ3) is 12.1. The molecule has 0 aromatic heterocycles. The molecular formula is C28H45ClN8O4. The second-order valence-electron chi connectivity index (χ2n) is 10.1. The van der Waals surface area contributed by atoms with Gasteiger partial charge >= 0.3 is 0 Å². The highest BCUT2D eigenvalue weighted by Crippen LogP contribution is 2.27. The van der Waals surface area contributed by atoms with Crippen molar-refractivity contribution in [2.45, 2.75) is 39.5 Å². The molecule has 4 rings (SSSR count). The second-order valence-corrected chi connectivity index (χ2v) is 10.5. The van der Waals surface area contributed by atoms with Gasteiger partial charge in [-0.25, -0.2) is 0 Å². The maximum atomic E-state index is 10.8. The molecule has 2 aliphatic heterocycles. The Labute approximate surface area is 247 Å². The number of anilines is 3. The summed E-state index contributed by atoms with van der Waals surface area (Å²) < 4.78 is 0. The Morgan fingerprint density at radius 2 is 1.27 bits per heavy atom. The van der Waals surface area contributed by atoms with Gasteiger partial charge in [0.25, 0.3) is 11.4 Å². The number of nitrogens with two attached hydrogens (primary N) is 2. The van der Waals surface area contributed by atoms with E-state index in [2.05, 4.69) is 33.9 Å². The predicted octanol–water partition coefficient (Wildman–Crippen LogP) is 4.62. The predicted molar refractivity (Wildman–Crippen MR) is 168 cm³/mol. The lowest BCUT2D eigenvalue weighted by Gasteiger charge is -2.36. The van der Waals surface area contributed by atoms with E-state index in [-0.39, 0.29) is 22.7 Å². The van der Waals surface area contributed by atoms with Crippen LogP contribution in [-0.2, 0) is 0 Å². The summed E-state index contributed by atoms with van der Waals surface area (Å²) in [5, 5.41) is 24.7. The highest BCUT2D eigenvalue weighted by atomic mass is 35.5. The van der Waals surface area contributed by atoms with E-state index in [1.54, 1.807) is 12.1 Å². The zero-order valence-corrected chi connectivity index (χ0v) is 25.0. The zero-order valence-electron chi connectivity index (χ0n) is 24.3. The van der Waals surface area contributed by atoms with Crippen molar-refractivity contribution in [1.29, 1.82) is 0 Å². The Morgan fingerprint density at radius 3 is 1.73 bits per heavy atom. The van der Waals surface area contributed by atoms with Gasteiger partial charge in [0.15, 0.2) is 0 Å². The molecule has 0 atom stereocenters. The molecule has 5 N–H and O–H groups in total. The number of hydrogen-bond donors (Lipinski definition) is 3. The molecule has 2 saturated heterocycles. The van der Waals surface area contributed by atoms with Gasteiger partial charge < -0.3 is 26.6 Å². The first-order chi connectivity index (χ1) is 19.7. The number of nitrogen functional groups attached to an aromatic ring is 2. The van der Waals surface area contributed by atoms with Gasteiger partial charge in [-0.3, -0.25) is 25.1 Å². The monoisotopic (exact) mass is 592 g/mol. The zero-order chi connectivity index (χ0) is 30.2. The van der Waals surface area contributed by atoms with Crippen LogP contribution in [0.5, 0.6) is 0 Å². The molecule has 228 valence electrons. The first-order valence-corrected chi connectivity index (χ1v) is 14.7. The van der Waals surface area contributed by atoms with E-state index in [1.807, 2.05) is 0 Å². The number of nitro groups is 2. The molecule has 2 heterocycles. The number of nitrogens with zero attached hydrogens (tertiary/aromatic N) is 5. The topological polar surface area (TPSA) is 160 Å². The van der Waals surface area contributed by atoms with Crippen molar-refractivity contribution in [1.82, 2.24) is 15.1 Å². The lowest BCUT2D eigenvalue weighted by molar-refractivity contribution is -0.384. The van der Waals surface area contributed by atoms with Crippen LogP contribution < -0.4 is 21.7 Å². The number of unbranched alkanes of at least 4 members (excludes halogenated alkanes) is 2. The van der Waals surface area contributed by atoms with Crippen molar-refractivity contribution in [3.05, 3.63) is 61.6 Å². The van der Waals surface area contributed by atoms with Gasteiger partial charge in [0, 0.05) is 75.2 Å². The number of halogens is 1. The van der Waals surface area contributed by atoms with Crippen molar-refractivity contribution in [2.24, 2.45) is 0 Å². The molecule has 0 spiro atoms. The molecule has 13 heteroatoms. The van der Waals surface area contributed by atoms with Gasteiger partial charge in [-0.15, -0.1) is 0 Å². The average molecular weight is 593 g/mol. The second kappa shape index (κ2) is 18.3. The van der Waals surface area contributed by atoms with E-state index in [1.165, 1.54) is 82.7 Å². The summed E-state index contributed by atoms with van der Waals surface area (Å²) in [6, 6.07) is 9.04. The summed E-state index contributed by atoms with van der Waals surface area (Å²) >= 11 is 5.52. The van der Waals surface area contributed by atoms with Crippen molar-refractivity contribution in [3.8, 4) is 0 Å². The number of hydrogen-bond acceptors (Lipinski definition) is 10. The number of nitro benzene ring substituents is 2. The number of benzene rings is 2. The maximum Gasteiger partial charge on any atom is 0.292 e. The summed E-state index contributed by atoms with van der Waals surface area (Å²) in [5.74, 6) is 0. The molecule has 12 nitrogen and oxygen atoms in total. The van der Waals surface area contributed by atoms with E-state index >= 15 is 0 Å². The highest BCUT2D eigenvalue weighted by Gasteiger charge is 2.19. The van der Waals surface area contributed by atoms with Gasteiger partial charge in [-0.1, -0.05) is 38.3 Å². The molecule has 0 unspecified atom stereocenters.